The Bertz CT molecular complexity index is 572. The summed E-state index contributed by atoms with van der Waals surface area (Å²) in [6.07, 6.45) is 16.7. The van der Waals surface area contributed by atoms with Gasteiger partial charge in [-0.2, -0.15) is 0 Å². The Hall–Kier alpha value is -1.00. The fourth-order valence-electron chi connectivity index (χ4n) is 3.51. The number of aliphatic hydroxyl groups excluding tert-OH is 1. The van der Waals surface area contributed by atoms with Gasteiger partial charge in [-0.15, -0.1) is 11.8 Å². The summed E-state index contributed by atoms with van der Waals surface area (Å²) >= 11 is 1.95. The molecule has 1 atom stereocenters. The molecular formula is C26H45NO2S. The number of hydrogen-bond acceptors (Lipinski definition) is 3. The Labute approximate surface area is 190 Å². The van der Waals surface area contributed by atoms with Crippen molar-refractivity contribution in [2.75, 3.05) is 18.8 Å². The maximum Gasteiger partial charge on any atom is 0.249 e. The largest absolute Gasteiger partial charge is 0.393 e. The predicted molar refractivity (Wildman–Crippen MR) is 133 cm³/mol. The zero-order valence-corrected chi connectivity index (χ0v) is 20.7. The number of allylic oxidation sites excluding steroid dienone is 4. The lowest BCUT2D eigenvalue weighted by Crippen LogP contribution is -2.34. The highest BCUT2D eigenvalue weighted by Crippen LogP contribution is 2.24. The lowest BCUT2D eigenvalue weighted by molar-refractivity contribution is -0.127. The van der Waals surface area contributed by atoms with Crippen LogP contribution in [0.4, 0.5) is 0 Å². The van der Waals surface area contributed by atoms with Crippen molar-refractivity contribution in [3.63, 3.8) is 0 Å². The molecule has 0 aromatic rings. The molecule has 0 radical (unpaired) electrons. The van der Waals surface area contributed by atoms with Crippen LogP contribution in [-0.2, 0) is 4.79 Å². The van der Waals surface area contributed by atoms with E-state index < -0.39 is 0 Å². The quantitative estimate of drug-likeness (QED) is 0.445. The minimum atomic E-state index is -0.384. The molecule has 1 unspecified atom stereocenters. The van der Waals surface area contributed by atoms with Crippen molar-refractivity contribution in [3.05, 3.63) is 34.3 Å². The fraction of sp³-hybridized carbons (Fsp3) is 0.731. The first-order chi connectivity index (χ1) is 14.5. The Balaban J connectivity index is 2.91. The molecule has 0 aromatic heterocycles. The second kappa shape index (κ2) is 16.7. The molecule has 0 saturated heterocycles. The molecule has 4 heteroatoms. The van der Waals surface area contributed by atoms with Gasteiger partial charge in [-0.25, -0.2) is 0 Å². The van der Waals surface area contributed by atoms with E-state index in [1.165, 1.54) is 10.5 Å². The predicted octanol–water partition coefficient (Wildman–Crippen LogP) is 7.03. The van der Waals surface area contributed by atoms with Crippen LogP contribution in [0.2, 0.25) is 0 Å². The number of amides is 1. The van der Waals surface area contributed by atoms with Crippen LogP contribution in [0, 0.1) is 0 Å². The van der Waals surface area contributed by atoms with E-state index in [0.29, 0.717) is 6.42 Å². The summed E-state index contributed by atoms with van der Waals surface area (Å²) in [7, 11) is 0. The maximum atomic E-state index is 13.3. The van der Waals surface area contributed by atoms with Gasteiger partial charge in [-0.05, 0) is 75.4 Å². The molecule has 0 bridgehead atoms. The lowest BCUT2D eigenvalue weighted by atomic mass is 10.0. The number of carbonyl (C=O) groups excluding carboxylic acids is 1. The smallest absolute Gasteiger partial charge is 0.249 e. The number of aliphatic hydroxyl groups is 1. The van der Waals surface area contributed by atoms with Crippen LogP contribution < -0.4 is 0 Å². The normalized spacial score (nSPS) is 25.0. The van der Waals surface area contributed by atoms with Gasteiger partial charge in [0, 0.05) is 18.7 Å². The Kier molecular flexibility index (Phi) is 15.0. The highest BCUT2D eigenvalue weighted by Gasteiger charge is 2.18. The molecule has 172 valence electrons. The van der Waals surface area contributed by atoms with Gasteiger partial charge < -0.3 is 10.0 Å². The number of nitrogens with zero attached hydrogens (tertiary/aromatic N) is 1. The monoisotopic (exact) mass is 435 g/mol. The first-order valence-electron chi connectivity index (χ1n) is 12.2. The lowest BCUT2D eigenvalue weighted by Gasteiger charge is -2.24. The first kappa shape index (κ1) is 27.0. The molecule has 1 rings (SSSR count). The number of hydrogen-bond donors (Lipinski definition) is 1. The molecule has 1 heterocycles. The van der Waals surface area contributed by atoms with Gasteiger partial charge in [0.1, 0.15) is 0 Å². The highest BCUT2D eigenvalue weighted by atomic mass is 32.2. The third kappa shape index (κ3) is 11.4. The van der Waals surface area contributed by atoms with Crippen LogP contribution in [0.25, 0.3) is 0 Å². The van der Waals surface area contributed by atoms with Crippen LogP contribution in [0.3, 0.4) is 0 Å². The second-order valence-electron chi connectivity index (χ2n) is 8.46. The maximum absolute atomic E-state index is 13.3. The summed E-state index contributed by atoms with van der Waals surface area (Å²) in [6, 6.07) is 0. The van der Waals surface area contributed by atoms with Crippen LogP contribution in [0.5, 0.6) is 0 Å². The van der Waals surface area contributed by atoms with E-state index in [9.17, 15) is 9.90 Å². The summed E-state index contributed by atoms with van der Waals surface area (Å²) in [5, 5.41) is 10.5. The van der Waals surface area contributed by atoms with Crippen molar-refractivity contribution in [2.24, 2.45) is 0 Å². The van der Waals surface area contributed by atoms with Crippen LogP contribution in [0.1, 0.15) is 98.3 Å². The summed E-state index contributed by atoms with van der Waals surface area (Å²) in [5.74, 6) is 1.30. The van der Waals surface area contributed by atoms with Crippen molar-refractivity contribution < 1.29 is 9.90 Å². The molecule has 0 aliphatic carbocycles. The van der Waals surface area contributed by atoms with Crippen LogP contribution in [0.15, 0.2) is 34.3 Å². The summed E-state index contributed by atoms with van der Waals surface area (Å²) < 4.78 is 0. The zero-order chi connectivity index (χ0) is 22.2. The highest BCUT2D eigenvalue weighted by molar-refractivity contribution is 8.03. The molecule has 1 aliphatic rings. The molecule has 1 amide bonds. The molecule has 0 spiro atoms. The van der Waals surface area contributed by atoms with Crippen molar-refractivity contribution in [1.82, 2.24) is 4.90 Å². The van der Waals surface area contributed by atoms with E-state index in [1.807, 2.05) is 17.8 Å². The molecule has 1 N–H and O–H groups in total. The number of unbranched alkanes of at least 4 members (excludes halogenated alkanes) is 2. The average molecular weight is 436 g/mol. The Morgan fingerprint density at radius 3 is 2.43 bits per heavy atom. The minimum absolute atomic E-state index is 0.200. The molecule has 0 saturated carbocycles. The molecule has 1 aliphatic heterocycles. The SMILES string of the molecule is CCCCN(CCCC)C(=O)/C1=C/CC(O)CC/C(C)=C\C=C(/CC)SCCCC1. The van der Waals surface area contributed by atoms with Gasteiger partial charge in [-0.1, -0.05) is 57.4 Å². The molecule has 3 nitrogen and oxygen atoms in total. The van der Waals surface area contributed by atoms with Crippen LogP contribution in [-0.4, -0.2) is 40.9 Å². The van der Waals surface area contributed by atoms with Crippen molar-refractivity contribution in [2.45, 2.75) is 104 Å². The standard InChI is InChI=1S/C26H45NO2S/c1-5-8-19-27(20-9-6-2)26(29)23-12-10-11-21-30-25(7-3)18-14-22(4)13-16-24(28)17-15-23/h14-15,18,24,28H,5-13,16-17,19-21H2,1-4H3/b22-14-,23-15+,25-18+. The van der Waals surface area contributed by atoms with Gasteiger partial charge in [0.2, 0.25) is 5.91 Å². The summed E-state index contributed by atoms with van der Waals surface area (Å²) in [4.78, 5) is 16.8. The third-order valence-electron chi connectivity index (χ3n) is 5.66. The summed E-state index contributed by atoms with van der Waals surface area (Å²) in [5.41, 5.74) is 2.22. The van der Waals surface area contributed by atoms with Crippen molar-refractivity contribution in [3.8, 4) is 0 Å². The molecule has 0 fully saturated rings. The van der Waals surface area contributed by atoms with Gasteiger partial charge >= 0.3 is 0 Å². The topological polar surface area (TPSA) is 40.5 Å². The van der Waals surface area contributed by atoms with Gasteiger partial charge in [0.15, 0.2) is 0 Å². The molecule has 0 aromatic carbocycles. The van der Waals surface area contributed by atoms with Crippen LogP contribution >= 0.6 is 11.8 Å². The first-order valence-corrected chi connectivity index (χ1v) is 13.2. The zero-order valence-electron chi connectivity index (χ0n) is 19.9. The number of rotatable bonds is 8. The van der Waals surface area contributed by atoms with E-state index in [2.05, 4.69) is 44.7 Å². The van der Waals surface area contributed by atoms with Crippen molar-refractivity contribution in [1.29, 1.82) is 0 Å². The van der Waals surface area contributed by atoms with E-state index in [1.54, 1.807) is 0 Å². The second-order valence-corrected chi connectivity index (χ2v) is 9.68. The van der Waals surface area contributed by atoms with Gasteiger partial charge in [0.25, 0.3) is 0 Å². The Morgan fingerprint density at radius 2 is 1.80 bits per heavy atom. The van der Waals surface area contributed by atoms with E-state index in [0.717, 1.165) is 88.6 Å². The number of carbonyl (C=O) groups is 1. The van der Waals surface area contributed by atoms with E-state index >= 15 is 0 Å². The Morgan fingerprint density at radius 1 is 1.10 bits per heavy atom. The fourth-order valence-corrected chi connectivity index (χ4v) is 4.49. The molecular weight excluding hydrogens is 390 g/mol. The number of thioether (sulfide) groups is 1. The van der Waals surface area contributed by atoms with E-state index in [4.69, 9.17) is 0 Å². The van der Waals surface area contributed by atoms with Gasteiger partial charge in [0.05, 0.1) is 6.10 Å². The molecule has 30 heavy (non-hydrogen) atoms. The van der Waals surface area contributed by atoms with Crippen molar-refractivity contribution >= 4 is 17.7 Å². The summed E-state index contributed by atoms with van der Waals surface area (Å²) in [6.45, 7) is 10.4. The van der Waals surface area contributed by atoms with E-state index in [-0.39, 0.29) is 12.0 Å². The third-order valence-corrected chi connectivity index (χ3v) is 6.95. The van der Waals surface area contributed by atoms with Gasteiger partial charge in [-0.3, -0.25) is 4.79 Å². The minimum Gasteiger partial charge on any atom is -0.393 e. The average Bonchev–Trinajstić information content (AvgIpc) is 2.75.